The highest BCUT2D eigenvalue weighted by Gasteiger charge is 2.10. The van der Waals surface area contributed by atoms with Gasteiger partial charge in [-0.05, 0) is 19.9 Å². The number of ether oxygens (including phenoxy) is 2. The van der Waals surface area contributed by atoms with Gasteiger partial charge in [-0.2, -0.15) is 0 Å². The van der Waals surface area contributed by atoms with Gasteiger partial charge in [-0.15, -0.1) is 11.3 Å². The SMILES string of the molecule is CCNC(=NCc1ccccc1OCCN1CCOCC1)NCCc1csc(C)n1. The molecule has 0 spiro atoms. The van der Waals surface area contributed by atoms with Crippen LogP contribution >= 0.6 is 11.3 Å². The van der Waals surface area contributed by atoms with E-state index >= 15 is 0 Å². The maximum atomic E-state index is 6.07. The van der Waals surface area contributed by atoms with Gasteiger partial charge < -0.3 is 20.1 Å². The first-order chi connectivity index (χ1) is 14.7. The number of aryl methyl sites for hydroxylation is 1. The zero-order chi connectivity index (χ0) is 21.0. The molecular formula is C22H33N5O2S. The molecule has 2 aromatic rings. The van der Waals surface area contributed by atoms with Crippen LogP contribution in [0.25, 0.3) is 0 Å². The largest absolute Gasteiger partial charge is 0.492 e. The predicted molar refractivity (Wildman–Crippen MR) is 123 cm³/mol. The Bertz CT molecular complexity index is 789. The van der Waals surface area contributed by atoms with Crippen LogP contribution in [0, 0.1) is 6.92 Å². The van der Waals surface area contributed by atoms with Crippen LogP contribution in [0.15, 0.2) is 34.6 Å². The third-order valence-electron chi connectivity index (χ3n) is 4.83. The van der Waals surface area contributed by atoms with Gasteiger partial charge in [0.25, 0.3) is 0 Å². The molecule has 3 rings (SSSR count). The molecule has 0 aliphatic carbocycles. The minimum Gasteiger partial charge on any atom is -0.492 e. The van der Waals surface area contributed by atoms with E-state index in [1.54, 1.807) is 11.3 Å². The van der Waals surface area contributed by atoms with E-state index in [0.717, 1.165) is 80.3 Å². The maximum Gasteiger partial charge on any atom is 0.191 e. The Morgan fingerprint density at radius 3 is 2.87 bits per heavy atom. The van der Waals surface area contributed by atoms with Gasteiger partial charge in [0.2, 0.25) is 0 Å². The second kappa shape index (κ2) is 12.5. The van der Waals surface area contributed by atoms with Crippen molar-refractivity contribution in [3.05, 3.63) is 45.9 Å². The second-order valence-electron chi connectivity index (χ2n) is 7.14. The molecule has 0 unspecified atom stereocenters. The fraction of sp³-hybridized carbons (Fsp3) is 0.545. The number of benzene rings is 1. The minimum absolute atomic E-state index is 0.568. The molecular weight excluding hydrogens is 398 g/mol. The van der Waals surface area contributed by atoms with Gasteiger partial charge in [-0.3, -0.25) is 4.90 Å². The summed E-state index contributed by atoms with van der Waals surface area (Å²) in [6, 6.07) is 8.14. The Balaban J connectivity index is 1.50. The van der Waals surface area contributed by atoms with Crippen LogP contribution in [0.3, 0.4) is 0 Å². The molecule has 0 atom stereocenters. The monoisotopic (exact) mass is 431 g/mol. The highest BCUT2D eigenvalue weighted by atomic mass is 32.1. The standard InChI is InChI=1S/C22H33N5O2S/c1-3-23-22(24-9-8-20-17-30-18(2)26-20)25-16-19-6-4-5-7-21(19)29-15-12-27-10-13-28-14-11-27/h4-7,17H,3,8-16H2,1-2H3,(H2,23,24,25). The number of aliphatic imine (C=N–C) groups is 1. The number of hydrogen-bond donors (Lipinski definition) is 2. The lowest BCUT2D eigenvalue weighted by Gasteiger charge is -2.26. The van der Waals surface area contributed by atoms with Gasteiger partial charge in [0, 0.05) is 50.1 Å². The van der Waals surface area contributed by atoms with E-state index in [4.69, 9.17) is 14.5 Å². The molecule has 2 N–H and O–H groups in total. The summed E-state index contributed by atoms with van der Waals surface area (Å²) in [6.07, 6.45) is 0.885. The van der Waals surface area contributed by atoms with Gasteiger partial charge in [0.05, 0.1) is 30.5 Å². The topological polar surface area (TPSA) is 71.0 Å². The number of thiazole rings is 1. The van der Waals surface area contributed by atoms with Gasteiger partial charge >= 0.3 is 0 Å². The number of para-hydroxylation sites is 1. The molecule has 1 fully saturated rings. The molecule has 1 aromatic heterocycles. The lowest BCUT2D eigenvalue weighted by atomic mass is 10.2. The van der Waals surface area contributed by atoms with Crippen LogP contribution in [0.1, 0.15) is 23.2 Å². The second-order valence-corrected chi connectivity index (χ2v) is 8.20. The van der Waals surface area contributed by atoms with Gasteiger partial charge in [-0.1, -0.05) is 18.2 Å². The van der Waals surface area contributed by atoms with E-state index in [0.29, 0.717) is 13.2 Å². The van der Waals surface area contributed by atoms with Crippen LogP contribution in [-0.4, -0.2) is 68.4 Å². The molecule has 30 heavy (non-hydrogen) atoms. The highest BCUT2D eigenvalue weighted by molar-refractivity contribution is 7.09. The van der Waals surface area contributed by atoms with Crippen LogP contribution in [0.5, 0.6) is 5.75 Å². The first-order valence-electron chi connectivity index (χ1n) is 10.7. The molecule has 1 saturated heterocycles. The summed E-state index contributed by atoms with van der Waals surface area (Å²) in [5, 5.41) is 9.93. The summed E-state index contributed by atoms with van der Waals surface area (Å²) in [6.45, 7) is 11.5. The minimum atomic E-state index is 0.568. The molecule has 0 saturated carbocycles. The van der Waals surface area contributed by atoms with Crippen LogP contribution < -0.4 is 15.4 Å². The van der Waals surface area contributed by atoms with Crippen LogP contribution in [0.2, 0.25) is 0 Å². The Morgan fingerprint density at radius 1 is 1.27 bits per heavy atom. The van der Waals surface area contributed by atoms with Gasteiger partial charge in [0.1, 0.15) is 12.4 Å². The fourth-order valence-electron chi connectivity index (χ4n) is 3.22. The lowest BCUT2D eigenvalue weighted by Crippen LogP contribution is -2.38. The summed E-state index contributed by atoms with van der Waals surface area (Å²) >= 11 is 1.69. The van der Waals surface area contributed by atoms with Gasteiger partial charge in [0.15, 0.2) is 5.96 Å². The average Bonchev–Trinajstić information content (AvgIpc) is 3.18. The molecule has 0 radical (unpaired) electrons. The van der Waals surface area contributed by atoms with Crippen molar-refractivity contribution in [2.24, 2.45) is 4.99 Å². The first kappa shape index (κ1) is 22.5. The number of nitrogens with zero attached hydrogens (tertiary/aromatic N) is 3. The Morgan fingerprint density at radius 2 is 2.10 bits per heavy atom. The number of guanidine groups is 1. The summed E-state index contributed by atoms with van der Waals surface area (Å²) < 4.78 is 11.5. The van der Waals surface area contributed by atoms with Crippen molar-refractivity contribution in [1.82, 2.24) is 20.5 Å². The van der Waals surface area contributed by atoms with E-state index in [9.17, 15) is 0 Å². The van der Waals surface area contributed by atoms with Crippen LogP contribution in [-0.2, 0) is 17.7 Å². The van der Waals surface area contributed by atoms with E-state index in [1.165, 1.54) is 0 Å². The molecule has 8 heteroatoms. The van der Waals surface area contributed by atoms with E-state index in [2.05, 4.69) is 38.9 Å². The van der Waals surface area contributed by atoms with Crippen molar-refractivity contribution in [1.29, 1.82) is 0 Å². The summed E-state index contributed by atoms with van der Waals surface area (Å²) in [5.74, 6) is 1.72. The van der Waals surface area contributed by atoms with Crippen molar-refractivity contribution in [2.45, 2.75) is 26.8 Å². The summed E-state index contributed by atoms with van der Waals surface area (Å²) in [5.41, 5.74) is 2.21. The zero-order valence-corrected chi connectivity index (χ0v) is 18.8. The number of hydrogen-bond acceptors (Lipinski definition) is 6. The third-order valence-corrected chi connectivity index (χ3v) is 5.66. The van der Waals surface area contributed by atoms with Crippen LogP contribution in [0.4, 0.5) is 0 Å². The van der Waals surface area contributed by atoms with E-state index in [1.807, 2.05) is 25.1 Å². The molecule has 2 heterocycles. The number of aromatic nitrogens is 1. The van der Waals surface area contributed by atoms with E-state index in [-0.39, 0.29) is 0 Å². The van der Waals surface area contributed by atoms with Crippen molar-refractivity contribution < 1.29 is 9.47 Å². The molecule has 1 aromatic carbocycles. The summed E-state index contributed by atoms with van der Waals surface area (Å²) in [7, 11) is 0. The Kier molecular flexibility index (Phi) is 9.40. The third kappa shape index (κ3) is 7.59. The van der Waals surface area contributed by atoms with E-state index < -0.39 is 0 Å². The first-order valence-corrected chi connectivity index (χ1v) is 11.6. The van der Waals surface area contributed by atoms with Crippen molar-refractivity contribution in [3.63, 3.8) is 0 Å². The lowest BCUT2D eigenvalue weighted by molar-refractivity contribution is 0.0322. The summed E-state index contributed by atoms with van der Waals surface area (Å²) in [4.78, 5) is 11.6. The smallest absolute Gasteiger partial charge is 0.191 e. The maximum absolute atomic E-state index is 6.07. The van der Waals surface area contributed by atoms with Crippen molar-refractivity contribution >= 4 is 17.3 Å². The van der Waals surface area contributed by atoms with Gasteiger partial charge in [-0.25, -0.2) is 9.98 Å². The predicted octanol–water partition coefficient (Wildman–Crippen LogP) is 2.46. The molecule has 0 bridgehead atoms. The van der Waals surface area contributed by atoms with Crippen molar-refractivity contribution in [2.75, 3.05) is 52.5 Å². The number of rotatable bonds is 10. The highest BCUT2D eigenvalue weighted by Crippen LogP contribution is 2.19. The molecule has 0 amide bonds. The Labute approximate surface area is 183 Å². The average molecular weight is 432 g/mol. The van der Waals surface area contributed by atoms with Crippen molar-refractivity contribution in [3.8, 4) is 5.75 Å². The molecule has 1 aliphatic rings. The molecule has 7 nitrogen and oxygen atoms in total. The number of morpholine rings is 1. The Hall–Kier alpha value is -2.16. The number of nitrogens with one attached hydrogen (secondary N) is 2. The molecule has 164 valence electrons. The quantitative estimate of drug-likeness (QED) is 0.445. The fourth-order valence-corrected chi connectivity index (χ4v) is 3.87. The zero-order valence-electron chi connectivity index (χ0n) is 18.0. The normalized spacial score (nSPS) is 15.2. The molecule has 1 aliphatic heterocycles.